The molecule has 1 saturated heterocycles. The number of benzene rings is 1. The van der Waals surface area contributed by atoms with Crippen LogP contribution in [0.2, 0.25) is 0 Å². The molecular weight excluding hydrogens is 318 g/mol. The lowest BCUT2D eigenvalue weighted by Gasteiger charge is -2.30. The number of nitro groups is 1. The highest BCUT2D eigenvalue weighted by Gasteiger charge is 2.24. The number of hydrazone groups is 1. The Hall–Kier alpha value is -2.57. The lowest BCUT2D eigenvalue weighted by atomic mass is 9.76. The van der Waals surface area contributed by atoms with Crippen molar-refractivity contribution in [3.05, 3.63) is 45.5 Å². The van der Waals surface area contributed by atoms with Gasteiger partial charge >= 0.3 is 0 Å². The minimum Gasteiger partial charge on any atom is -0.398 e. The Balaban J connectivity index is 1.77. The van der Waals surface area contributed by atoms with E-state index in [4.69, 9.17) is 5.73 Å². The SMILES string of the molecule is CC1(C)CC=C(c2cc(C3CNC(=N[N+](=O)[O-])NC3)ccc2N)CC1. The van der Waals surface area contributed by atoms with E-state index in [1.165, 1.54) is 11.1 Å². The van der Waals surface area contributed by atoms with Crippen molar-refractivity contribution in [3.63, 3.8) is 0 Å². The zero-order valence-electron chi connectivity index (χ0n) is 14.7. The quantitative estimate of drug-likeness (QED) is 0.444. The summed E-state index contributed by atoms with van der Waals surface area (Å²) >= 11 is 0. The Labute approximate surface area is 147 Å². The van der Waals surface area contributed by atoms with E-state index in [-0.39, 0.29) is 11.9 Å². The molecule has 0 radical (unpaired) electrons. The van der Waals surface area contributed by atoms with Gasteiger partial charge in [-0.1, -0.05) is 26.0 Å². The van der Waals surface area contributed by atoms with Gasteiger partial charge in [0.1, 0.15) is 5.10 Å². The molecule has 0 aromatic heterocycles. The molecule has 3 rings (SSSR count). The Kier molecular flexibility index (Phi) is 4.65. The predicted molar refractivity (Wildman–Crippen MR) is 99.6 cm³/mol. The highest BCUT2D eigenvalue weighted by atomic mass is 16.7. The highest BCUT2D eigenvalue weighted by Crippen LogP contribution is 2.39. The van der Waals surface area contributed by atoms with Crippen molar-refractivity contribution in [1.82, 2.24) is 10.6 Å². The molecule has 0 bridgehead atoms. The molecule has 134 valence electrons. The maximum absolute atomic E-state index is 10.4. The van der Waals surface area contributed by atoms with Gasteiger partial charge in [-0.25, -0.2) is 10.1 Å². The Bertz CT molecular complexity index is 729. The number of nitrogens with zero attached hydrogens (tertiary/aromatic N) is 2. The van der Waals surface area contributed by atoms with Crippen molar-refractivity contribution in [3.8, 4) is 0 Å². The number of nitrogens with two attached hydrogens (primary N) is 1. The van der Waals surface area contributed by atoms with Crippen LogP contribution < -0.4 is 16.4 Å². The molecule has 1 fully saturated rings. The van der Waals surface area contributed by atoms with Gasteiger partial charge < -0.3 is 16.4 Å². The molecule has 1 aromatic carbocycles. The third-order valence-corrected chi connectivity index (χ3v) is 5.08. The third kappa shape index (κ3) is 4.10. The fourth-order valence-electron chi connectivity index (χ4n) is 3.39. The molecule has 1 heterocycles. The van der Waals surface area contributed by atoms with Crippen molar-refractivity contribution in [2.45, 2.75) is 39.0 Å². The summed E-state index contributed by atoms with van der Waals surface area (Å²) in [4.78, 5) is 10.4. The number of hydrogen-bond acceptors (Lipinski definition) is 3. The van der Waals surface area contributed by atoms with Gasteiger partial charge in [0.25, 0.3) is 5.96 Å². The largest absolute Gasteiger partial charge is 0.398 e. The fraction of sp³-hybridized carbons (Fsp3) is 0.500. The first-order valence-electron chi connectivity index (χ1n) is 8.64. The molecule has 0 atom stereocenters. The molecular formula is C18H25N5O2. The summed E-state index contributed by atoms with van der Waals surface area (Å²) in [5, 5.41) is 19.0. The molecule has 7 nitrogen and oxygen atoms in total. The van der Waals surface area contributed by atoms with Gasteiger partial charge in [-0.15, -0.1) is 0 Å². The van der Waals surface area contributed by atoms with Crippen LogP contribution in [0.15, 0.2) is 29.4 Å². The molecule has 2 aliphatic rings. The molecule has 1 aromatic rings. The van der Waals surface area contributed by atoms with Crippen molar-refractivity contribution in [1.29, 1.82) is 0 Å². The fourth-order valence-corrected chi connectivity index (χ4v) is 3.39. The van der Waals surface area contributed by atoms with E-state index in [0.29, 0.717) is 18.5 Å². The first-order valence-corrected chi connectivity index (χ1v) is 8.64. The summed E-state index contributed by atoms with van der Waals surface area (Å²) < 4.78 is 0. The number of nitrogens with one attached hydrogen (secondary N) is 2. The minimum atomic E-state index is -0.700. The number of nitrogen functional groups attached to an aromatic ring is 1. The number of hydrogen-bond donors (Lipinski definition) is 3. The van der Waals surface area contributed by atoms with Gasteiger partial charge in [-0.05, 0) is 47.9 Å². The zero-order chi connectivity index (χ0) is 18.0. The van der Waals surface area contributed by atoms with Crippen LogP contribution in [0.25, 0.3) is 5.57 Å². The smallest absolute Gasteiger partial charge is 0.268 e. The van der Waals surface area contributed by atoms with Crippen molar-refractivity contribution in [2.75, 3.05) is 18.8 Å². The van der Waals surface area contributed by atoms with Crippen LogP contribution in [0.3, 0.4) is 0 Å². The first kappa shape index (κ1) is 17.3. The van der Waals surface area contributed by atoms with Gasteiger partial charge in [0, 0.05) is 30.3 Å². The lowest BCUT2D eigenvalue weighted by molar-refractivity contribution is -0.485. The molecule has 0 amide bonds. The normalized spacial score (nSPS) is 22.4. The second-order valence-corrected chi connectivity index (χ2v) is 7.59. The maximum Gasteiger partial charge on any atom is 0.268 e. The van der Waals surface area contributed by atoms with E-state index in [1.807, 2.05) is 12.1 Å². The van der Waals surface area contributed by atoms with Gasteiger partial charge in [-0.3, -0.25) is 0 Å². The summed E-state index contributed by atoms with van der Waals surface area (Å²) in [6, 6.07) is 6.17. The van der Waals surface area contributed by atoms with Crippen LogP contribution >= 0.6 is 0 Å². The highest BCUT2D eigenvalue weighted by molar-refractivity contribution is 5.80. The summed E-state index contributed by atoms with van der Waals surface area (Å²) in [6.07, 6.45) is 5.59. The van der Waals surface area contributed by atoms with Crippen LogP contribution in [-0.2, 0) is 0 Å². The average Bonchev–Trinajstić information content (AvgIpc) is 2.56. The molecule has 1 aliphatic heterocycles. The molecule has 25 heavy (non-hydrogen) atoms. The van der Waals surface area contributed by atoms with Crippen LogP contribution in [0.1, 0.15) is 50.2 Å². The van der Waals surface area contributed by atoms with E-state index >= 15 is 0 Å². The Morgan fingerprint density at radius 3 is 2.64 bits per heavy atom. The maximum atomic E-state index is 10.4. The van der Waals surface area contributed by atoms with Gasteiger partial charge in [0.05, 0.1) is 0 Å². The second kappa shape index (κ2) is 6.74. The van der Waals surface area contributed by atoms with Crippen molar-refractivity contribution in [2.24, 2.45) is 10.5 Å². The zero-order valence-corrected chi connectivity index (χ0v) is 14.7. The molecule has 4 N–H and O–H groups in total. The monoisotopic (exact) mass is 343 g/mol. The van der Waals surface area contributed by atoms with Crippen molar-refractivity contribution < 1.29 is 5.03 Å². The van der Waals surface area contributed by atoms with Gasteiger partial charge in [-0.2, -0.15) is 0 Å². The Morgan fingerprint density at radius 2 is 2.04 bits per heavy atom. The minimum absolute atomic E-state index is 0.214. The number of rotatable bonds is 3. The number of anilines is 1. The average molecular weight is 343 g/mol. The van der Waals surface area contributed by atoms with Crippen LogP contribution in [-0.4, -0.2) is 24.1 Å². The standard InChI is InChI=1S/C18H25N5O2/c1-18(2)7-5-12(6-8-18)15-9-13(3-4-16(15)19)14-10-20-17(21-11-14)22-23(24)25/h3-5,9,14H,6-8,10-11,19H2,1-2H3,(H2,20,21,22). The van der Waals surface area contributed by atoms with E-state index < -0.39 is 5.03 Å². The summed E-state index contributed by atoms with van der Waals surface area (Å²) in [5.74, 6) is 0.430. The van der Waals surface area contributed by atoms with Crippen molar-refractivity contribution >= 4 is 17.2 Å². The summed E-state index contributed by atoms with van der Waals surface area (Å²) in [7, 11) is 0. The molecule has 0 spiro atoms. The molecule has 7 heteroatoms. The van der Waals surface area contributed by atoms with E-state index in [0.717, 1.165) is 30.5 Å². The second-order valence-electron chi connectivity index (χ2n) is 7.59. The Morgan fingerprint density at radius 1 is 1.32 bits per heavy atom. The number of guanidine groups is 1. The van der Waals surface area contributed by atoms with Crippen LogP contribution in [0.5, 0.6) is 0 Å². The number of allylic oxidation sites excluding steroid dienone is 2. The van der Waals surface area contributed by atoms with Crippen LogP contribution in [0, 0.1) is 15.5 Å². The summed E-state index contributed by atoms with van der Waals surface area (Å²) in [6.45, 7) is 5.80. The van der Waals surface area contributed by atoms with E-state index in [1.54, 1.807) is 0 Å². The van der Waals surface area contributed by atoms with E-state index in [9.17, 15) is 10.1 Å². The first-order chi connectivity index (χ1) is 11.8. The van der Waals surface area contributed by atoms with Gasteiger partial charge in [0.2, 0.25) is 0 Å². The van der Waals surface area contributed by atoms with Crippen LogP contribution in [0.4, 0.5) is 5.69 Å². The van der Waals surface area contributed by atoms with E-state index in [2.05, 4.69) is 41.7 Å². The third-order valence-electron chi connectivity index (χ3n) is 5.08. The summed E-state index contributed by atoms with van der Waals surface area (Å²) in [5.41, 5.74) is 11.0. The lowest BCUT2D eigenvalue weighted by Crippen LogP contribution is -2.48. The predicted octanol–water partition coefficient (Wildman–Crippen LogP) is 2.69. The molecule has 0 unspecified atom stereocenters. The van der Waals surface area contributed by atoms with Gasteiger partial charge in [0.15, 0.2) is 5.03 Å². The molecule has 1 aliphatic carbocycles. The molecule has 0 saturated carbocycles. The topological polar surface area (TPSA) is 106 Å².